The Morgan fingerprint density at radius 2 is 2.27 bits per heavy atom. The van der Waals surface area contributed by atoms with E-state index in [0.717, 1.165) is 5.25 Å². The third-order valence-electron chi connectivity index (χ3n) is 3.38. The Balaban J connectivity index is 1.77. The molecule has 2 nitrogen and oxygen atoms in total. The van der Waals surface area contributed by atoms with Crippen LogP contribution in [0.1, 0.15) is 19.8 Å². The molecule has 2 fully saturated rings. The van der Waals surface area contributed by atoms with Gasteiger partial charge in [0, 0.05) is 41.1 Å². The van der Waals surface area contributed by atoms with Gasteiger partial charge in [0.05, 0.1) is 0 Å². The van der Waals surface area contributed by atoms with Crippen molar-refractivity contribution in [2.45, 2.75) is 37.1 Å². The summed E-state index contributed by atoms with van der Waals surface area (Å²) in [5, 5.41) is 0.862. The fraction of sp³-hybridized carbons (Fsp3) is 1.00. The van der Waals surface area contributed by atoms with Crippen LogP contribution in [0.25, 0.3) is 0 Å². The minimum absolute atomic E-state index is 0.449. The molecule has 88 valence electrons. The third kappa shape index (κ3) is 3.55. The zero-order chi connectivity index (χ0) is 10.7. The Bertz CT molecular complexity index is 195. The van der Waals surface area contributed by atoms with E-state index in [0.29, 0.717) is 12.1 Å². The van der Waals surface area contributed by atoms with Crippen LogP contribution in [0.5, 0.6) is 0 Å². The molecular formula is C11H22N2S2. The molecule has 15 heavy (non-hydrogen) atoms. The van der Waals surface area contributed by atoms with Crippen LogP contribution in [0, 0.1) is 0 Å². The molecule has 2 aliphatic heterocycles. The third-order valence-corrected chi connectivity index (χ3v) is 6.20. The molecule has 0 saturated carbocycles. The SMILES string of the molecule is CC1CC(N)CCN1CC1CSCCS1. The van der Waals surface area contributed by atoms with Crippen molar-refractivity contribution in [3.05, 3.63) is 0 Å². The zero-order valence-electron chi connectivity index (χ0n) is 9.52. The number of hydrogen-bond donors (Lipinski definition) is 1. The number of hydrogen-bond acceptors (Lipinski definition) is 4. The summed E-state index contributed by atoms with van der Waals surface area (Å²) >= 11 is 4.29. The van der Waals surface area contributed by atoms with E-state index in [-0.39, 0.29) is 0 Å². The van der Waals surface area contributed by atoms with Crippen LogP contribution in [-0.4, -0.2) is 52.6 Å². The Labute approximate surface area is 102 Å². The maximum absolute atomic E-state index is 5.98. The molecule has 2 N–H and O–H groups in total. The lowest BCUT2D eigenvalue weighted by atomic mass is 9.99. The van der Waals surface area contributed by atoms with Gasteiger partial charge in [-0.3, -0.25) is 4.90 Å². The summed E-state index contributed by atoms with van der Waals surface area (Å²) in [6.07, 6.45) is 2.37. The molecule has 0 aromatic rings. The van der Waals surface area contributed by atoms with Crippen molar-refractivity contribution in [1.82, 2.24) is 4.90 Å². The standard InChI is InChI=1S/C11H22N2S2/c1-9-6-10(12)2-3-13(9)7-11-8-14-4-5-15-11/h9-11H,2-8,12H2,1H3. The molecule has 3 unspecified atom stereocenters. The highest BCUT2D eigenvalue weighted by Gasteiger charge is 2.26. The van der Waals surface area contributed by atoms with Gasteiger partial charge in [0.1, 0.15) is 0 Å². The van der Waals surface area contributed by atoms with Crippen LogP contribution in [0.2, 0.25) is 0 Å². The number of piperidine rings is 1. The second-order valence-corrected chi connectivity index (χ2v) is 7.25. The first-order valence-corrected chi connectivity index (χ1v) is 8.15. The van der Waals surface area contributed by atoms with Crippen LogP contribution in [0.4, 0.5) is 0 Å². The van der Waals surface area contributed by atoms with Crippen LogP contribution >= 0.6 is 23.5 Å². The largest absolute Gasteiger partial charge is 0.328 e. The average Bonchev–Trinajstić information content (AvgIpc) is 2.24. The quantitative estimate of drug-likeness (QED) is 0.802. The maximum Gasteiger partial charge on any atom is 0.0265 e. The lowest BCUT2D eigenvalue weighted by molar-refractivity contribution is 0.150. The highest BCUT2D eigenvalue weighted by Crippen LogP contribution is 2.26. The van der Waals surface area contributed by atoms with E-state index in [9.17, 15) is 0 Å². The average molecular weight is 246 g/mol. The van der Waals surface area contributed by atoms with Gasteiger partial charge >= 0.3 is 0 Å². The van der Waals surface area contributed by atoms with Gasteiger partial charge < -0.3 is 5.73 Å². The molecule has 4 heteroatoms. The van der Waals surface area contributed by atoms with Gasteiger partial charge in [0.25, 0.3) is 0 Å². The van der Waals surface area contributed by atoms with Crippen LogP contribution in [0.3, 0.4) is 0 Å². The van der Waals surface area contributed by atoms with Crippen molar-refractivity contribution in [1.29, 1.82) is 0 Å². The highest BCUT2D eigenvalue weighted by atomic mass is 32.2. The lowest BCUT2D eigenvalue weighted by Gasteiger charge is -2.38. The summed E-state index contributed by atoms with van der Waals surface area (Å²) in [6.45, 7) is 4.83. The fourth-order valence-corrected chi connectivity index (χ4v) is 5.13. The van der Waals surface area contributed by atoms with Gasteiger partial charge in [0.2, 0.25) is 0 Å². The molecule has 2 aliphatic rings. The zero-order valence-corrected chi connectivity index (χ0v) is 11.2. The van der Waals surface area contributed by atoms with Crippen LogP contribution in [0.15, 0.2) is 0 Å². The molecule has 0 spiro atoms. The molecule has 3 atom stereocenters. The Morgan fingerprint density at radius 3 is 2.93 bits per heavy atom. The first-order chi connectivity index (χ1) is 7.25. The Kier molecular flexibility index (Phi) is 4.68. The lowest BCUT2D eigenvalue weighted by Crippen LogP contribution is -2.48. The number of nitrogens with two attached hydrogens (primary N) is 1. The molecule has 0 aromatic carbocycles. The predicted molar refractivity (Wildman–Crippen MR) is 71.8 cm³/mol. The van der Waals surface area contributed by atoms with Gasteiger partial charge in [-0.05, 0) is 26.3 Å². The van der Waals surface area contributed by atoms with E-state index in [2.05, 4.69) is 35.3 Å². The van der Waals surface area contributed by atoms with Crippen LogP contribution < -0.4 is 5.73 Å². The van der Waals surface area contributed by atoms with E-state index in [1.807, 2.05) is 0 Å². The van der Waals surface area contributed by atoms with Crippen molar-refractivity contribution in [2.24, 2.45) is 5.73 Å². The molecule has 0 radical (unpaired) electrons. The molecular weight excluding hydrogens is 224 g/mol. The van der Waals surface area contributed by atoms with Crippen molar-refractivity contribution >= 4 is 23.5 Å². The number of rotatable bonds is 2. The molecule has 0 bridgehead atoms. The van der Waals surface area contributed by atoms with E-state index < -0.39 is 0 Å². The molecule has 2 saturated heterocycles. The van der Waals surface area contributed by atoms with Gasteiger partial charge in [-0.15, -0.1) is 0 Å². The molecule has 0 aliphatic carbocycles. The summed E-state index contributed by atoms with van der Waals surface area (Å²) < 4.78 is 0. The number of likely N-dealkylation sites (tertiary alicyclic amines) is 1. The van der Waals surface area contributed by atoms with Crippen molar-refractivity contribution < 1.29 is 0 Å². The van der Waals surface area contributed by atoms with Crippen LogP contribution in [-0.2, 0) is 0 Å². The Hall–Kier alpha value is 0.620. The van der Waals surface area contributed by atoms with Crippen molar-refractivity contribution in [2.75, 3.05) is 30.3 Å². The van der Waals surface area contributed by atoms with E-state index >= 15 is 0 Å². The van der Waals surface area contributed by atoms with Crippen molar-refractivity contribution in [3.63, 3.8) is 0 Å². The summed E-state index contributed by atoms with van der Waals surface area (Å²) in [7, 11) is 0. The fourth-order valence-electron chi connectivity index (χ4n) is 2.43. The number of nitrogens with zero attached hydrogens (tertiary/aromatic N) is 1. The second-order valence-electron chi connectivity index (χ2n) is 4.70. The summed E-state index contributed by atoms with van der Waals surface area (Å²) in [6, 6.07) is 1.14. The van der Waals surface area contributed by atoms with Gasteiger partial charge in [-0.25, -0.2) is 0 Å². The van der Waals surface area contributed by atoms with E-state index in [4.69, 9.17) is 5.73 Å². The number of thioether (sulfide) groups is 2. The molecule has 0 amide bonds. The minimum atomic E-state index is 0.449. The first kappa shape index (κ1) is 12.1. The topological polar surface area (TPSA) is 29.3 Å². The van der Waals surface area contributed by atoms with E-state index in [1.165, 1.54) is 43.2 Å². The summed E-state index contributed by atoms with van der Waals surface area (Å²) in [5.74, 6) is 4.04. The van der Waals surface area contributed by atoms with Crippen molar-refractivity contribution in [3.8, 4) is 0 Å². The van der Waals surface area contributed by atoms with Gasteiger partial charge in [-0.2, -0.15) is 23.5 Å². The normalized spacial score (nSPS) is 39.2. The smallest absolute Gasteiger partial charge is 0.0265 e. The monoisotopic (exact) mass is 246 g/mol. The highest BCUT2D eigenvalue weighted by molar-refractivity contribution is 8.06. The van der Waals surface area contributed by atoms with Gasteiger partial charge in [0.15, 0.2) is 0 Å². The minimum Gasteiger partial charge on any atom is -0.328 e. The maximum atomic E-state index is 5.98. The second kappa shape index (κ2) is 5.80. The predicted octanol–water partition coefficient (Wildman–Crippen LogP) is 1.65. The first-order valence-electron chi connectivity index (χ1n) is 5.94. The summed E-state index contributed by atoms with van der Waals surface area (Å²) in [4.78, 5) is 2.65. The van der Waals surface area contributed by atoms with Gasteiger partial charge in [-0.1, -0.05) is 0 Å². The summed E-state index contributed by atoms with van der Waals surface area (Å²) in [5.41, 5.74) is 5.98. The molecule has 2 heterocycles. The Morgan fingerprint density at radius 1 is 1.40 bits per heavy atom. The molecule has 0 aromatic heterocycles. The molecule has 2 rings (SSSR count). The van der Waals surface area contributed by atoms with E-state index in [1.54, 1.807) is 0 Å².